The number of hydrogen-bond acceptors (Lipinski definition) is 4. The van der Waals surface area contributed by atoms with Crippen molar-refractivity contribution in [2.24, 2.45) is 0 Å². The van der Waals surface area contributed by atoms with E-state index in [-0.39, 0.29) is 16.4 Å². The first kappa shape index (κ1) is 20.4. The fraction of sp³-hybridized carbons (Fsp3) is 0.278. The van der Waals surface area contributed by atoms with Gasteiger partial charge in [-0.1, -0.05) is 12.1 Å². The lowest BCUT2D eigenvalue weighted by molar-refractivity contribution is 0.0946. The topological polar surface area (TPSA) is 75.7 Å². The summed E-state index contributed by atoms with van der Waals surface area (Å²) in [5.74, 6) is 0.378. The Hall–Kier alpha value is -1.90. The molecule has 0 heterocycles. The van der Waals surface area contributed by atoms with Crippen molar-refractivity contribution in [2.45, 2.75) is 11.8 Å². The van der Waals surface area contributed by atoms with Gasteiger partial charge < -0.3 is 10.1 Å². The summed E-state index contributed by atoms with van der Waals surface area (Å²) in [5.41, 5.74) is 1.36. The second-order valence-corrected chi connectivity index (χ2v) is 8.83. The van der Waals surface area contributed by atoms with E-state index in [0.29, 0.717) is 17.6 Å². The number of ether oxygens (including phenoxy) is 1. The van der Waals surface area contributed by atoms with E-state index in [1.165, 1.54) is 20.2 Å². The minimum atomic E-state index is -3.65. The third-order valence-corrected chi connectivity index (χ3v) is 6.41. The predicted molar refractivity (Wildman–Crippen MR) is 104 cm³/mol. The zero-order chi connectivity index (χ0) is 19.3. The van der Waals surface area contributed by atoms with Crippen LogP contribution >= 0.6 is 15.9 Å². The maximum atomic E-state index is 12.3. The maximum Gasteiger partial charge on any atom is 0.251 e. The van der Waals surface area contributed by atoms with Crippen molar-refractivity contribution in [1.82, 2.24) is 9.62 Å². The molecule has 0 fully saturated rings. The molecule has 0 aromatic heterocycles. The molecule has 1 amide bonds. The summed E-state index contributed by atoms with van der Waals surface area (Å²) in [6.07, 6.45) is 0. The highest BCUT2D eigenvalue weighted by Crippen LogP contribution is 2.25. The van der Waals surface area contributed by atoms with E-state index in [2.05, 4.69) is 21.2 Å². The van der Waals surface area contributed by atoms with Crippen LogP contribution in [0, 0.1) is 6.92 Å². The van der Waals surface area contributed by atoms with Crippen molar-refractivity contribution in [3.63, 3.8) is 0 Å². The zero-order valence-electron chi connectivity index (χ0n) is 14.8. The van der Waals surface area contributed by atoms with Crippen LogP contribution in [0.5, 0.6) is 5.75 Å². The molecule has 0 aliphatic rings. The number of rotatable bonds is 7. The van der Waals surface area contributed by atoms with Crippen molar-refractivity contribution in [3.8, 4) is 5.75 Å². The highest BCUT2D eigenvalue weighted by atomic mass is 79.9. The van der Waals surface area contributed by atoms with Gasteiger partial charge >= 0.3 is 0 Å². The number of hydrogen-bond donors (Lipinski definition) is 1. The molecule has 0 saturated heterocycles. The van der Waals surface area contributed by atoms with Crippen LogP contribution in [0.4, 0.5) is 0 Å². The van der Waals surface area contributed by atoms with Crippen molar-refractivity contribution in [1.29, 1.82) is 0 Å². The van der Waals surface area contributed by atoms with Crippen molar-refractivity contribution in [2.75, 3.05) is 27.2 Å². The second-order valence-electron chi connectivity index (χ2n) is 5.85. The summed E-state index contributed by atoms with van der Waals surface area (Å²) in [6, 6.07) is 12.1. The Morgan fingerprint density at radius 1 is 1.19 bits per heavy atom. The monoisotopic (exact) mass is 440 g/mol. The lowest BCUT2D eigenvalue weighted by atomic mass is 10.2. The van der Waals surface area contributed by atoms with Crippen LogP contribution < -0.4 is 10.1 Å². The Morgan fingerprint density at radius 3 is 2.58 bits per heavy atom. The average Bonchev–Trinajstić information content (AvgIpc) is 2.58. The largest absolute Gasteiger partial charge is 0.492 e. The molecule has 8 heteroatoms. The molecule has 2 aromatic rings. The number of carbonyl (C=O) groups is 1. The highest BCUT2D eigenvalue weighted by molar-refractivity contribution is 9.10. The summed E-state index contributed by atoms with van der Waals surface area (Å²) in [5, 5.41) is 2.72. The molecular formula is C18H21BrN2O4S. The molecule has 6 nitrogen and oxygen atoms in total. The Labute approximate surface area is 162 Å². The standard InChI is InChI=1S/C18H21BrN2O4S/c1-13-5-4-6-15(11-13)25-10-9-20-18(22)14-7-8-16(19)17(12-14)26(23,24)21(2)3/h4-8,11-12H,9-10H2,1-3H3,(H,20,22). The fourth-order valence-electron chi connectivity index (χ4n) is 2.18. The Balaban J connectivity index is 1.99. The number of carbonyl (C=O) groups excluding carboxylic acids is 1. The van der Waals surface area contributed by atoms with E-state index in [9.17, 15) is 13.2 Å². The molecule has 0 radical (unpaired) electrons. The van der Waals surface area contributed by atoms with E-state index >= 15 is 0 Å². The third kappa shape index (κ3) is 5.06. The van der Waals surface area contributed by atoms with E-state index in [1.807, 2.05) is 31.2 Å². The molecule has 0 saturated carbocycles. The van der Waals surface area contributed by atoms with Gasteiger partial charge in [0.05, 0.1) is 11.4 Å². The lowest BCUT2D eigenvalue weighted by Gasteiger charge is -2.14. The van der Waals surface area contributed by atoms with Crippen LogP contribution in [-0.2, 0) is 10.0 Å². The van der Waals surface area contributed by atoms with Gasteiger partial charge in [-0.15, -0.1) is 0 Å². The summed E-state index contributed by atoms with van der Waals surface area (Å²) < 4.78 is 31.7. The van der Waals surface area contributed by atoms with Crippen molar-refractivity contribution >= 4 is 31.9 Å². The molecule has 140 valence electrons. The first-order chi connectivity index (χ1) is 12.2. The van der Waals surface area contributed by atoms with Gasteiger partial charge in [0.1, 0.15) is 12.4 Å². The van der Waals surface area contributed by atoms with E-state index in [0.717, 1.165) is 15.6 Å². The molecular weight excluding hydrogens is 420 g/mol. The number of amides is 1. The molecule has 2 rings (SSSR count). The van der Waals surface area contributed by atoms with Gasteiger partial charge in [-0.05, 0) is 58.7 Å². The lowest BCUT2D eigenvalue weighted by Crippen LogP contribution is -2.28. The number of aryl methyl sites for hydroxylation is 1. The fourth-order valence-corrected chi connectivity index (χ4v) is 4.02. The average molecular weight is 441 g/mol. The number of sulfonamides is 1. The number of nitrogens with zero attached hydrogens (tertiary/aromatic N) is 1. The highest BCUT2D eigenvalue weighted by Gasteiger charge is 2.22. The van der Waals surface area contributed by atoms with Crippen LogP contribution in [0.25, 0.3) is 0 Å². The van der Waals surface area contributed by atoms with Gasteiger partial charge in [0, 0.05) is 24.1 Å². The molecule has 2 aromatic carbocycles. The van der Waals surface area contributed by atoms with Gasteiger partial charge in [0.25, 0.3) is 5.91 Å². The molecule has 26 heavy (non-hydrogen) atoms. The normalized spacial score (nSPS) is 11.4. The van der Waals surface area contributed by atoms with Crippen molar-refractivity contribution < 1.29 is 17.9 Å². The summed E-state index contributed by atoms with van der Waals surface area (Å²) in [6.45, 7) is 2.59. The van der Waals surface area contributed by atoms with Gasteiger partial charge in [-0.3, -0.25) is 4.79 Å². The Morgan fingerprint density at radius 2 is 1.92 bits per heavy atom. The smallest absolute Gasteiger partial charge is 0.251 e. The second kappa shape index (κ2) is 8.66. The van der Waals surface area contributed by atoms with Gasteiger partial charge in [-0.25, -0.2) is 12.7 Å². The third-order valence-electron chi connectivity index (χ3n) is 3.60. The van der Waals surface area contributed by atoms with E-state index in [1.54, 1.807) is 12.1 Å². The zero-order valence-corrected chi connectivity index (χ0v) is 17.2. The predicted octanol–water partition coefficient (Wildman–Crippen LogP) is 2.82. The molecule has 0 spiro atoms. The van der Waals surface area contributed by atoms with Gasteiger partial charge in [-0.2, -0.15) is 0 Å². The van der Waals surface area contributed by atoms with Crippen LogP contribution in [0.3, 0.4) is 0 Å². The number of halogens is 1. The van der Waals surface area contributed by atoms with Crippen molar-refractivity contribution in [3.05, 3.63) is 58.1 Å². The van der Waals surface area contributed by atoms with Crippen LogP contribution in [0.1, 0.15) is 15.9 Å². The minimum absolute atomic E-state index is 0.0474. The maximum absolute atomic E-state index is 12.3. The SMILES string of the molecule is Cc1cccc(OCCNC(=O)c2ccc(Br)c(S(=O)(=O)N(C)C)c2)c1. The molecule has 0 aliphatic carbocycles. The van der Waals surface area contributed by atoms with Gasteiger partial charge in [0.15, 0.2) is 0 Å². The van der Waals surface area contributed by atoms with E-state index in [4.69, 9.17) is 4.74 Å². The molecule has 1 N–H and O–H groups in total. The first-order valence-electron chi connectivity index (χ1n) is 7.91. The number of benzene rings is 2. The van der Waals surface area contributed by atoms with Crippen LogP contribution in [-0.4, -0.2) is 45.9 Å². The molecule has 0 aliphatic heterocycles. The van der Waals surface area contributed by atoms with Gasteiger partial charge in [0.2, 0.25) is 10.0 Å². The van der Waals surface area contributed by atoms with E-state index < -0.39 is 10.0 Å². The van der Waals surface area contributed by atoms with Crippen LogP contribution in [0.15, 0.2) is 51.8 Å². The number of nitrogens with one attached hydrogen (secondary N) is 1. The Kier molecular flexibility index (Phi) is 6.80. The minimum Gasteiger partial charge on any atom is -0.492 e. The quantitative estimate of drug-likeness (QED) is 0.671. The Bertz CT molecular complexity index is 898. The molecule has 0 bridgehead atoms. The summed E-state index contributed by atoms with van der Waals surface area (Å²) in [7, 11) is -0.764. The van der Waals surface area contributed by atoms with Crippen LogP contribution in [0.2, 0.25) is 0 Å². The first-order valence-corrected chi connectivity index (χ1v) is 10.1. The molecule has 0 unspecified atom stereocenters. The summed E-state index contributed by atoms with van der Waals surface area (Å²) >= 11 is 3.22. The molecule has 0 atom stereocenters. The summed E-state index contributed by atoms with van der Waals surface area (Å²) in [4.78, 5) is 12.3.